The van der Waals surface area contributed by atoms with Crippen LogP contribution in [0.3, 0.4) is 0 Å². The molecule has 0 aliphatic heterocycles. The van der Waals surface area contributed by atoms with Crippen molar-refractivity contribution in [2.45, 2.75) is 398 Å². The Hall–Kier alpha value is -1.92. The van der Waals surface area contributed by atoms with Crippen LogP contribution in [0.4, 0.5) is 0 Å². The van der Waals surface area contributed by atoms with Crippen LogP contribution in [0.15, 0.2) is 36.5 Å². The van der Waals surface area contributed by atoms with Crippen LogP contribution in [-0.2, 0) is 14.3 Å². The quantitative estimate of drug-likeness (QED) is 0.0320. The molecular formula is C72H137NO5. The van der Waals surface area contributed by atoms with Crippen LogP contribution in [0.2, 0.25) is 0 Å². The summed E-state index contributed by atoms with van der Waals surface area (Å²) in [6.07, 6.45) is 86.3. The van der Waals surface area contributed by atoms with Crippen LogP contribution < -0.4 is 5.32 Å². The van der Waals surface area contributed by atoms with E-state index < -0.39 is 12.1 Å². The number of carbonyl (C=O) groups excluding carboxylic acids is 2. The highest BCUT2D eigenvalue weighted by Gasteiger charge is 2.20. The molecule has 0 aromatic carbocycles. The van der Waals surface area contributed by atoms with Crippen molar-refractivity contribution in [2.24, 2.45) is 0 Å². The SMILES string of the molecule is CCCCCCCCC/C=C\CCCCCCCCCC(=O)OCCCCCCCCCCC/C=C\C/C=C\CCCCCCCCCCCCCCCCCC(=O)NC(CO)C(O)CCCCCCCCCCCCCC. The van der Waals surface area contributed by atoms with E-state index in [0.29, 0.717) is 25.9 Å². The van der Waals surface area contributed by atoms with Gasteiger partial charge in [0, 0.05) is 12.8 Å². The second-order valence-corrected chi connectivity index (χ2v) is 24.2. The van der Waals surface area contributed by atoms with Gasteiger partial charge in [-0.25, -0.2) is 0 Å². The largest absolute Gasteiger partial charge is 0.466 e. The maximum atomic E-state index is 12.5. The van der Waals surface area contributed by atoms with Crippen molar-refractivity contribution in [3.8, 4) is 0 Å². The summed E-state index contributed by atoms with van der Waals surface area (Å²) in [4.78, 5) is 24.6. The smallest absolute Gasteiger partial charge is 0.305 e. The van der Waals surface area contributed by atoms with Gasteiger partial charge < -0.3 is 20.3 Å². The fourth-order valence-corrected chi connectivity index (χ4v) is 11.0. The van der Waals surface area contributed by atoms with Crippen LogP contribution in [0, 0.1) is 0 Å². The fourth-order valence-electron chi connectivity index (χ4n) is 11.0. The van der Waals surface area contributed by atoms with Gasteiger partial charge in [-0.2, -0.15) is 0 Å². The van der Waals surface area contributed by atoms with Gasteiger partial charge in [0.2, 0.25) is 5.91 Å². The molecule has 0 fully saturated rings. The lowest BCUT2D eigenvalue weighted by Crippen LogP contribution is -2.45. The first-order valence-electron chi connectivity index (χ1n) is 35.2. The van der Waals surface area contributed by atoms with Crippen molar-refractivity contribution in [3.63, 3.8) is 0 Å². The maximum absolute atomic E-state index is 12.5. The Morgan fingerprint density at radius 3 is 0.987 bits per heavy atom. The molecule has 0 bridgehead atoms. The Morgan fingerprint density at radius 2 is 0.641 bits per heavy atom. The molecule has 0 aromatic rings. The van der Waals surface area contributed by atoms with E-state index in [4.69, 9.17) is 4.74 Å². The predicted octanol–water partition coefficient (Wildman–Crippen LogP) is 22.7. The van der Waals surface area contributed by atoms with Crippen molar-refractivity contribution in [1.29, 1.82) is 0 Å². The Bertz CT molecular complexity index is 1260. The number of ether oxygens (including phenoxy) is 1. The summed E-state index contributed by atoms with van der Waals surface area (Å²) in [6, 6.07) is -0.540. The highest BCUT2D eigenvalue weighted by molar-refractivity contribution is 5.76. The van der Waals surface area contributed by atoms with Crippen molar-refractivity contribution >= 4 is 11.9 Å². The highest BCUT2D eigenvalue weighted by atomic mass is 16.5. The Morgan fingerprint density at radius 1 is 0.359 bits per heavy atom. The van der Waals surface area contributed by atoms with E-state index in [1.54, 1.807) is 0 Å². The molecule has 0 aliphatic carbocycles. The second kappa shape index (κ2) is 67.6. The normalized spacial score (nSPS) is 12.7. The summed E-state index contributed by atoms with van der Waals surface area (Å²) in [5.41, 5.74) is 0. The standard InChI is InChI=1S/C72H137NO5/c1-3-5-7-9-11-13-15-17-18-19-36-39-42-46-50-54-58-62-66-72(77)78-67-63-59-55-51-47-43-40-37-34-32-30-28-26-24-22-20-21-23-25-27-29-31-33-35-38-41-45-49-53-57-61-65-71(76)73-69(68-74)70(75)64-60-56-52-48-44-16-14-12-10-8-6-4-2/h18-19,22,24,28,30,69-70,74-75H,3-17,20-21,23,25-27,29,31-68H2,1-2H3,(H,73,76)/b19-18-,24-22-,30-28-. The predicted molar refractivity (Wildman–Crippen MR) is 343 cm³/mol. The van der Waals surface area contributed by atoms with Crippen LogP contribution in [0.5, 0.6) is 0 Å². The molecule has 460 valence electrons. The van der Waals surface area contributed by atoms with Crippen LogP contribution in [0.1, 0.15) is 386 Å². The monoisotopic (exact) mass is 1100 g/mol. The zero-order chi connectivity index (χ0) is 56.4. The number of hydrogen-bond donors (Lipinski definition) is 3. The zero-order valence-corrected chi connectivity index (χ0v) is 52.7. The molecule has 0 saturated carbocycles. The number of aliphatic hydroxyl groups is 2. The molecular weight excluding hydrogens is 959 g/mol. The number of allylic oxidation sites excluding steroid dienone is 6. The van der Waals surface area contributed by atoms with Crippen molar-refractivity contribution < 1.29 is 24.5 Å². The first kappa shape index (κ1) is 76.1. The highest BCUT2D eigenvalue weighted by Crippen LogP contribution is 2.18. The van der Waals surface area contributed by atoms with E-state index in [-0.39, 0.29) is 18.5 Å². The van der Waals surface area contributed by atoms with Crippen molar-refractivity contribution in [2.75, 3.05) is 13.2 Å². The molecule has 0 rings (SSSR count). The minimum Gasteiger partial charge on any atom is -0.466 e. The first-order valence-corrected chi connectivity index (χ1v) is 35.2. The van der Waals surface area contributed by atoms with Crippen LogP contribution in [0.25, 0.3) is 0 Å². The van der Waals surface area contributed by atoms with E-state index in [9.17, 15) is 19.8 Å². The average Bonchev–Trinajstić information content (AvgIpc) is 3.44. The summed E-state index contributed by atoms with van der Waals surface area (Å²) < 4.78 is 5.50. The lowest BCUT2D eigenvalue weighted by Gasteiger charge is -2.22. The molecule has 6 heteroatoms. The summed E-state index contributed by atoms with van der Waals surface area (Å²) >= 11 is 0. The van der Waals surface area contributed by atoms with E-state index in [1.807, 2.05) is 0 Å². The number of esters is 1. The summed E-state index contributed by atoms with van der Waals surface area (Å²) in [5, 5.41) is 23.3. The fraction of sp³-hybridized carbons (Fsp3) is 0.889. The van der Waals surface area contributed by atoms with Gasteiger partial charge in [0.25, 0.3) is 0 Å². The summed E-state index contributed by atoms with van der Waals surface area (Å²) in [6.45, 7) is 4.97. The molecule has 0 heterocycles. The van der Waals surface area contributed by atoms with Gasteiger partial charge in [0.1, 0.15) is 0 Å². The van der Waals surface area contributed by atoms with E-state index in [1.165, 1.54) is 302 Å². The number of carbonyl (C=O) groups is 2. The third-order valence-electron chi connectivity index (χ3n) is 16.4. The molecule has 0 spiro atoms. The van der Waals surface area contributed by atoms with Crippen LogP contribution >= 0.6 is 0 Å². The van der Waals surface area contributed by atoms with E-state index in [0.717, 1.165) is 51.4 Å². The van der Waals surface area contributed by atoms with E-state index in [2.05, 4.69) is 55.6 Å². The number of amides is 1. The van der Waals surface area contributed by atoms with Crippen LogP contribution in [-0.4, -0.2) is 47.4 Å². The number of hydrogen-bond acceptors (Lipinski definition) is 5. The van der Waals surface area contributed by atoms with Gasteiger partial charge in [-0.05, 0) is 83.5 Å². The third-order valence-corrected chi connectivity index (χ3v) is 16.4. The minimum absolute atomic E-state index is 0.0106. The van der Waals surface area contributed by atoms with Gasteiger partial charge in [0.05, 0.1) is 25.4 Å². The number of unbranched alkanes of at least 4 members (excludes halogenated alkanes) is 49. The second-order valence-electron chi connectivity index (χ2n) is 24.2. The molecule has 78 heavy (non-hydrogen) atoms. The average molecular weight is 1100 g/mol. The molecule has 0 radical (unpaired) electrons. The summed E-state index contributed by atoms with van der Waals surface area (Å²) in [5.74, 6) is -0.0227. The summed E-state index contributed by atoms with van der Waals surface area (Å²) in [7, 11) is 0. The van der Waals surface area contributed by atoms with Crippen molar-refractivity contribution in [1.82, 2.24) is 5.32 Å². The number of nitrogens with one attached hydrogen (secondary N) is 1. The zero-order valence-electron chi connectivity index (χ0n) is 52.7. The molecule has 0 aromatic heterocycles. The van der Waals surface area contributed by atoms with Gasteiger partial charge >= 0.3 is 5.97 Å². The molecule has 0 aliphatic rings. The molecule has 2 atom stereocenters. The van der Waals surface area contributed by atoms with Gasteiger partial charge in [-0.3, -0.25) is 9.59 Å². The molecule has 1 amide bonds. The third kappa shape index (κ3) is 63.3. The Kier molecular flexibility index (Phi) is 65.9. The lowest BCUT2D eigenvalue weighted by molar-refractivity contribution is -0.143. The van der Waals surface area contributed by atoms with Gasteiger partial charge in [-0.15, -0.1) is 0 Å². The minimum atomic E-state index is -0.663. The lowest BCUT2D eigenvalue weighted by atomic mass is 10.0. The first-order chi connectivity index (χ1) is 38.5. The molecule has 6 nitrogen and oxygen atoms in total. The Labute approximate surface area is 487 Å². The topological polar surface area (TPSA) is 95.9 Å². The van der Waals surface area contributed by atoms with Crippen molar-refractivity contribution in [3.05, 3.63) is 36.5 Å². The number of rotatable bonds is 66. The Balaban J connectivity index is 3.37. The molecule has 3 N–H and O–H groups in total. The van der Waals surface area contributed by atoms with Gasteiger partial charge in [-0.1, -0.05) is 326 Å². The van der Waals surface area contributed by atoms with E-state index >= 15 is 0 Å². The molecule has 0 saturated heterocycles. The maximum Gasteiger partial charge on any atom is 0.305 e. The number of aliphatic hydroxyl groups excluding tert-OH is 2. The van der Waals surface area contributed by atoms with Gasteiger partial charge in [0.15, 0.2) is 0 Å². The molecule has 2 unspecified atom stereocenters.